The fraction of sp³-hybridized carbons (Fsp3) is 0.385. The molecular weight excluding hydrogens is 316 g/mol. The van der Waals surface area contributed by atoms with Crippen molar-refractivity contribution >= 4 is 40.2 Å². The third kappa shape index (κ3) is 3.79. The van der Waals surface area contributed by atoms with Crippen molar-refractivity contribution in [1.29, 1.82) is 0 Å². The highest BCUT2D eigenvalue weighted by Crippen LogP contribution is 2.33. The summed E-state index contributed by atoms with van der Waals surface area (Å²) in [4.78, 5) is 19.1. The Kier molecular flexibility index (Phi) is 5.15. The first kappa shape index (κ1) is 15.4. The number of thiazole rings is 1. The number of aromatic nitrogens is 1. The molecule has 0 aliphatic carbocycles. The van der Waals surface area contributed by atoms with Gasteiger partial charge in [0.1, 0.15) is 10.7 Å². The number of aliphatic hydroxyl groups excluding tert-OH is 1. The monoisotopic (exact) mass is 330 g/mol. The molecule has 7 heteroatoms. The summed E-state index contributed by atoms with van der Waals surface area (Å²) < 4.78 is 0.706. The van der Waals surface area contributed by atoms with Crippen LogP contribution in [0, 0.1) is 0 Å². The van der Waals surface area contributed by atoms with Gasteiger partial charge in [-0.25, -0.2) is 4.98 Å². The molecular formula is C13H15ClN2O2S2. The molecule has 2 aromatic rings. The normalized spacial score (nSPS) is 12.4. The molecule has 0 saturated carbocycles. The molecule has 0 aliphatic heterocycles. The largest absolute Gasteiger partial charge is 0.393 e. The van der Waals surface area contributed by atoms with Gasteiger partial charge in [0.2, 0.25) is 0 Å². The molecule has 0 aromatic carbocycles. The Hall–Kier alpha value is -0.950. The number of amides is 1. The van der Waals surface area contributed by atoms with Crippen molar-refractivity contribution in [3.63, 3.8) is 0 Å². The number of rotatable bonds is 5. The van der Waals surface area contributed by atoms with Gasteiger partial charge in [0, 0.05) is 19.0 Å². The second-order valence-electron chi connectivity index (χ2n) is 4.51. The van der Waals surface area contributed by atoms with Crippen molar-refractivity contribution in [3.8, 4) is 9.88 Å². The molecule has 4 nitrogen and oxygen atoms in total. The summed E-state index contributed by atoms with van der Waals surface area (Å²) in [6.45, 7) is 2.22. The number of hydrogen-bond donors (Lipinski definition) is 1. The summed E-state index contributed by atoms with van der Waals surface area (Å²) in [7, 11) is 1.71. The van der Waals surface area contributed by atoms with Crippen molar-refractivity contribution < 1.29 is 9.90 Å². The first-order valence-corrected chi connectivity index (χ1v) is 8.19. The van der Waals surface area contributed by atoms with Crippen LogP contribution in [0.2, 0.25) is 4.34 Å². The Morgan fingerprint density at radius 1 is 1.55 bits per heavy atom. The molecule has 0 saturated heterocycles. The first-order chi connectivity index (χ1) is 9.47. The van der Waals surface area contributed by atoms with E-state index in [0.29, 0.717) is 23.0 Å². The van der Waals surface area contributed by atoms with Crippen LogP contribution in [-0.2, 0) is 0 Å². The van der Waals surface area contributed by atoms with Gasteiger partial charge < -0.3 is 10.0 Å². The Labute approximate surface area is 130 Å². The number of aliphatic hydroxyl groups is 1. The highest BCUT2D eigenvalue weighted by Gasteiger charge is 2.17. The lowest BCUT2D eigenvalue weighted by molar-refractivity contribution is 0.0764. The van der Waals surface area contributed by atoms with Crippen molar-refractivity contribution in [2.24, 2.45) is 0 Å². The van der Waals surface area contributed by atoms with E-state index >= 15 is 0 Å². The predicted octanol–water partition coefficient (Wildman–Crippen LogP) is 3.37. The molecule has 0 bridgehead atoms. The van der Waals surface area contributed by atoms with Gasteiger partial charge in [-0.15, -0.1) is 22.7 Å². The van der Waals surface area contributed by atoms with Gasteiger partial charge in [-0.1, -0.05) is 11.6 Å². The maximum Gasteiger partial charge on any atom is 0.273 e. The highest BCUT2D eigenvalue weighted by molar-refractivity contribution is 7.23. The van der Waals surface area contributed by atoms with Gasteiger partial charge >= 0.3 is 0 Å². The summed E-state index contributed by atoms with van der Waals surface area (Å²) in [6, 6.07) is 3.72. The molecule has 108 valence electrons. The maximum absolute atomic E-state index is 12.2. The molecule has 1 unspecified atom stereocenters. The van der Waals surface area contributed by atoms with Crippen molar-refractivity contribution in [2.75, 3.05) is 13.6 Å². The third-order valence-electron chi connectivity index (χ3n) is 2.74. The standard InChI is InChI=1S/C13H15ClN2O2S2/c1-8(17)5-6-16(2)13(18)9-7-19-12(15-9)10-3-4-11(14)20-10/h3-4,7-8,17H,5-6H2,1-2H3. The Morgan fingerprint density at radius 2 is 2.30 bits per heavy atom. The molecule has 0 spiro atoms. The average Bonchev–Trinajstić information content (AvgIpc) is 3.03. The number of nitrogens with zero attached hydrogens (tertiary/aromatic N) is 2. The molecule has 1 amide bonds. The summed E-state index contributed by atoms with van der Waals surface area (Å²) in [5.41, 5.74) is 0.433. The lowest BCUT2D eigenvalue weighted by Crippen LogP contribution is -2.29. The van der Waals surface area contributed by atoms with Crippen molar-refractivity contribution in [1.82, 2.24) is 9.88 Å². The second-order valence-corrected chi connectivity index (χ2v) is 7.08. The number of carbonyl (C=O) groups excluding carboxylic acids is 1. The second kappa shape index (κ2) is 6.67. The van der Waals surface area contributed by atoms with Gasteiger partial charge in [0.15, 0.2) is 0 Å². The summed E-state index contributed by atoms with van der Waals surface area (Å²) in [6.07, 6.45) is 0.143. The van der Waals surface area contributed by atoms with Gasteiger partial charge in [0.05, 0.1) is 15.3 Å². The van der Waals surface area contributed by atoms with E-state index in [0.717, 1.165) is 9.88 Å². The zero-order valence-corrected chi connectivity index (χ0v) is 13.6. The minimum atomic E-state index is -0.412. The predicted molar refractivity (Wildman–Crippen MR) is 83.7 cm³/mol. The topological polar surface area (TPSA) is 53.4 Å². The van der Waals surface area contributed by atoms with Crippen LogP contribution < -0.4 is 0 Å². The smallest absolute Gasteiger partial charge is 0.273 e. The minimum Gasteiger partial charge on any atom is -0.393 e. The van der Waals surface area contributed by atoms with E-state index in [-0.39, 0.29) is 5.91 Å². The van der Waals surface area contributed by atoms with Crippen LogP contribution in [-0.4, -0.2) is 40.6 Å². The summed E-state index contributed by atoms with van der Waals surface area (Å²) in [5.74, 6) is -0.129. The summed E-state index contributed by atoms with van der Waals surface area (Å²) >= 11 is 8.77. The van der Waals surface area contributed by atoms with Gasteiger partial charge in [0.25, 0.3) is 5.91 Å². The lowest BCUT2D eigenvalue weighted by atomic mass is 10.2. The van der Waals surface area contributed by atoms with Crippen molar-refractivity contribution in [2.45, 2.75) is 19.4 Å². The van der Waals surface area contributed by atoms with E-state index in [1.807, 2.05) is 12.1 Å². The van der Waals surface area contributed by atoms with E-state index in [9.17, 15) is 9.90 Å². The molecule has 2 rings (SSSR count). The number of hydrogen-bond acceptors (Lipinski definition) is 5. The molecule has 0 fully saturated rings. The number of halogens is 1. The summed E-state index contributed by atoms with van der Waals surface area (Å²) in [5, 5.41) is 11.8. The van der Waals surface area contributed by atoms with Gasteiger partial charge in [-0.05, 0) is 25.5 Å². The van der Waals surface area contributed by atoms with Gasteiger partial charge in [-0.3, -0.25) is 4.79 Å². The van der Waals surface area contributed by atoms with E-state index in [4.69, 9.17) is 11.6 Å². The number of thiophene rings is 1. The van der Waals surface area contributed by atoms with E-state index in [1.165, 1.54) is 22.7 Å². The van der Waals surface area contributed by atoms with Crippen LogP contribution in [0.15, 0.2) is 17.5 Å². The Balaban J connectivity index is 2.06. The van der Waals surface area contributed by atoms with E-state index < -0.39 is 6.10 Å². The van der Waals surface area contributed by atoms with E-state index in [2.05, 4.69) is 4.98 Å². The lowest BCUT2D eigenvalue weighted by Gasteiger charge is -2.16. The fourth-order valence-electron chi connectivity index (χ4n) is 1.59. The van der Waals surface area contributed by atoms with Crippen LogP contribution in [0.5, 0.6) is 0 Å². The van der Waals surface area contributed by atoms with Gasteiger partial charge in [-0.2, -0.15) is 0 Å². The van der Waals surface area contributed by atoms with Crippen LogP contribution in [0.4, 0.5) is 0 Å². The number of carbonyl (C=O) groups is 1. The molecule has 0 radical (unpaired) electrons. The maximum atomic E-state index is 12.2. The van der Waals surface area contributed by atoms with Crippen LogP contribution in [0.25, 0.3) is 9.88 Å². The first-order valence-electron chi connectivity index (χ1n) is 6.12. The van der Waals surface area contributed by atoms with Crippen molar-refractivity contribution in [3.05, 3.63) is 27.5 Å². The average molecular weight is 331 g/mol. The third-order valence-corrected chi connectivity index (χ3v) is 4.98. The highest BCUT2D eigenvalue weighted by atomic mass is 35.5. The zero-order valence-electron chi connectivity index (χ0n) is 11.2. The molecule has 2 heterocycles. The Morgan fingerprint density at radius 3 is 2.90 bits per heavy atom. The molecule has 0 aliphatic rings. The minimum absolute atomic E-state index is 0.129. The molecule has 2 aromatic heterocycles. The zero-order chi connectivity index (χ0) is 14.7. The van der Waals surface area contributed by atoms with Crippen LogP contribution in [0.3, 0.4) is 0 Å². The SMILES string of the molecule is CC(O)CCN(C)C(=O)c1csc(-c2ccc(Cl)s2)n1. The molecule has 1 N–H and O–H groups in total. The fourth-order valence-corrected chi connectivity index (χ4v) is 3.50. The van der Waals surface area contributed by atoms with Crippen LogP contribution >= 0.6 is 34.3 Å². The molecule has 20 heavy (non-hydrogen) atoms. The molecule has 1 atom stereocenters. The van der Waals surface area contributed by atoms with Crippen LogP contribution in [0.1, 0.15) is 23.8 Å². The Bertz CT molecular complexity index is 595. The quantitative estimate of drug-likeness (QED) is 0.914. The van der Waals surface area contributed by atoms with E-state index in [1.54, 1.807) is 24.3 Å².